The van der Waals surface area contributed by atoms with E-state index in [-0.39, 0.29) is 5.91 Å². The lowest BCUT2D eigenvalue weighted by Crippen LogP contribution is -2.44. The molecule has 0 saturated carbocycles. The van der Waals surface area contributed by atoms with Crippen LogP contribution in [0.3, 0.4) is 0 Å². The van der Waals surface area contributed by atoms with Crippen molar-refractivity contribution in [3.8, 4) is 5.75 Å². The van der Waals surface area contributed by atoms with Crippen molar-refractivity contribution in [3.05, 3.63) is 53.6 Å². The third kappa shape index (κ3) is 4.68. The minimum atomic E-state index is -0.646. The first-order valence-corrected chi connectivity index (χ1v) is 9.16. The minimum absolute atomic E-state index is 0.211. The van der Waals surface area contributed by atoms with Gasteiger partial charge in [0.2, 0.25) is 0 Å². The van der Waals surface area contributed by atoms with Gasteiger partial charge in [-0.2, -0.15) is 0 Å². The number of para-hydroxylation sites is 1. The van der Waals surface area contributed by atoms with Gasteiger partial charge in [-0.25, -0.2) is 0 Å². The highest BCUT2D eigenvalue weighted by atomic mass is 35.5. The molecule has 138 valence electrons. The number of hydrogen-bond donors (Lipinski definition) is 1. The number of nitrogens with zero attached hydrogens (tertiary/aromatic N) is 2. The number of ether oxygens (including phenoxy) is 1. The van der Waals surface area contributed by atoms with Gasteiger partial charge in [0, 0.05) is 37.6 Å². The molecule has 0 spiro atoms. The Balaban J connectivity index is 1.56. The van der Waals surface area contributed by atoms with E-state index in [4.69, 9.17) is 16.3 Å². The van der Waals surface area contributed by atoms with Gasteiger partial charge in [0.25, 0.3) is 5.91 Å². The second-order valence-electron chi connectivity index (χ2n) is 6.52. The van der Waals surface area contributed by atoms with E-state index >= 15 is 0 Å². The summed E-state index contributed by atoms with van der Waals surface area (Å²) in [5.74, 6) is 0.291. The molecule has 5 nitrogen and oxygen atoms in total. The number of nitrogens with one attached hydrogen (secondary N) is 1. The fourth-order valence-electron chi connectivity index (χ4n) is 2.85. The van der Waals surface area contributed by atoms with E-state index in [0.717, 1.165) is 31.9 Å². The standard InChI is InChI=1S/C20H24ClN3O2/c1-15(26-19-6-4-3-5-18(19)21)20(25)22-16-7-9-17(10-8-16)24-13-11-23(2)12-14-24/h3-10,15H,11-14H2,1-2H3,(H,22,25)/t15-/m1/s1. The van der Waals surface area contributed by atoms with Gasteiger partial charge in [-0.05, 0) is 50.4 Å². The third-order valence-electron chi connectivity index (χ3n) is 4.51. The largest absolute Gasteiger partial charge is 0.479 e. The molecule has 1 amide bonds. The summed E-state index contributed by atoms with van der Waals surface area (Å²) in [6.45, 7) is 5.87. The van der Waals surface area contributed by atoms with Crippen LogP contribution in [-0.4, -0.2) is 50.1 Å². The van der Waals surface area contributed by atoms with Crippen molar-refractivity contribution in [1.29, 1.82) is 0 Å². The third-order valence-corrected chi connectivity index (χ3v) is 4.83. The number of amides is 1. The van der Waals surface area contributed by atoms with E-state index in [2.05, 4.69) is 22.2 Å². The molecule has 3 rings (SSSR count). The van der Waals surface area contributed by atoms with Gasteiger partial charge in [-0.15, -0.1) is 0 Å². The average molecular weight is 374 g/mol. The number of hydrogen-bond acceptors (Lipinski definition) is 4. The lowest BCUT2D eigenvalue weighted by Gasteiger charge is -2.34. The number of likely N-dealkylation sites (N-methyl/N-ethyl adjacent to an activating group) is 1. The van der Waals surface area contributed by atoms with Crippen LogP contribution in [0.4, 0.5) is 11.4 Å². The van der Waals surface area contributed by atoms with Gasteiger partial charge in [0.05, 0.1) is 5.02 Å². The zero-order chi connectivity index (χ0) is 18.5. The summed E-state index contributed by atoms with van der Waals surface area (Å²) in [6.07, 6.45) is -0.646. The van der Waals surface area contributed by atoms with Crippen LogP contribution in [0.15, 0.2) is 48.5 Å². The Kier molecular flexibility index (Phi) is 6.01. The maximum absolute atomic E-state index is 12.4. The molecule has 0 unspecified atom stereocenters. The summed E-state index contributed by atoms with van der Waals surface area (Å²) >= 11 is 6.07. The Bertz CT molecular complexity index is 743. The lowest BCUT2D eigenvalue weighted by molar-refractivity contribution is -0.122. The number of piperazine rings is 1. The second-order valence-corrected chi connectivity index (χ2v) is 6.92. The molecular formula is C20H24ClN3O2. The summed E-state index contributed by atoms with van der Waals surface area (Å²) in [6, 6.07) is 15.1. The van der Waals surface area contributed by atoms with Crippen LogP contribution in [0, 0.1) is 0 Å². The van der Waals surface area contributed by atoms with E-state index in [1.807, 2.05) is 36.4 Å². The van der Waals surface area contributed by atoms with Crippen molar-refractivity contribution in [2.45, 2.75) is 13.0 Å². The number of rotatable bonds is 5. The molecule has 1 aliphatic heterocycles. The van der Waals surface area contributed by atoms with Crippen LogP contribution in [0.1, 0.15) is 6.92 Å². The highest BCUT2D eigenvalue weighted by Gasteiger charge is 2.17. The van der Waals surface area contributed by atoms with Crippen LogP contribution in [-0.2, 0) is 4.79 Å². The van der Waals surface area contributed by atoms with E-state index in [1.165, 1.54) is 5.69 Å². The van der Waals surface area contributed by atoms with Crippen molar-refractivity contribution >= 4 is 28.9 Å². The Morgan fingerprint density at radius 2 is 1.73 bits per heavy atom. The first-order valence-electron chi connectivity index (χ1n) is 8.78. The predicted molar refractivity (Wildman–Crippen MR) is 106 cm³/mol. The maximum Gasteiger partial charge on any atom is 0.265 e. The maximum atomic E-state index is 12.4. The van der Waals surface area contributed by atoms with Gasteiger partial charge in [-0.1, -0.05) is 23.7 Å². The number of benzene rings is 2. The Labute approximate surface area is 159 Å². The smallest absolute Gasteiger partial charge is 0.265 e. The molecule has 0 radical (unpaired) electrons. The van der Waals surface area contributed by atoms with Crippen LogP contribution in [0.2, 0.25) is 5.02 Å². The van der Waals surface area contributed by atoms with E-state index < -0.39 is 6.10 Å². The topological polar surface area (TPSA) is 44.8 Å². The summed E-state index contributed by atoms with van der Waals surface area (Å²) in [7, 11) is 2.14. The lowest BCUT2D eigenvalue weighted by atomic mass is 10.2. The molecule has 1 saturated heterocycles. The van der Waals surface area contributed by atoms with Gasteiger partial charge >= 0.3 is 0 Å². The van der Waals surface area contributed by atoms with Crippen molar-refractivity contribution < 1.29 is 9.53 Å². The first kappa shape index (κ1) is 18.5. The molecule has 26 heavy (non-hydrogen) atoms. The summed E-state index contributed by atoms with van der Waals surface area (Å²) in [5.41, 5.74) is 1.93. The highest BCUT2D eigenvalue weighted by molar-refractivity contribution is 6.32. The quantitative estimate of drug-likeness (QED) is 0.871. The van der Waals surface area contributed by atoms with Gasteiger partial charge in [-0.3, -0.25) is 4.79 Å². The number of anilines is 2. The SMILES string of the molecule is C[C@@H](Oc1ccccc1Cl)C(=O)Nc1ccc(N2CCN(C)CC2)cc1. The molecule has 1 N–H and O–H groups in total. The number of halogens is 1. The molecule has 1 aliphatic rings. The van der Waals surface area contributed by atoms with Crippen LogP contribution in [0.5, 0.6) is 5.75 Å². The van der Waals surface area contributed by atoms with Crippen LogP contribution >= 0.6 is 11.6 Å². The van der Waals surface area contributed by atoms with Crippen molar-refractivity contribution in [1.82, 2.24) is 4.90 Å². The Morgan fingerprint density at radius 3 is 2.38 bits per heavy atom. The van der Waals surface area contributed by atoms with Gasteiger partial charge < -0.3 is 19.9 Å². The molecule has 0 bridgehead atoms. The fraction of sp³-hybridized carbons (Fsp3) is 0.350. The molecule has 0 aliphatic carbocycles. The van der Waals surface area contributed by atoms with Gasteiger partial charge in [0.1, 0.15) is 5.75 Å². The summed E-state index contributed by atoms with van der Waals surface area (Å²) in [4.78, 5) is 17.0. The Hall–Kier alpha value is -2.24. The predicted octanol–water partition coefficient (Wildman–Crippen LogP) is 3.50. The minimum Gasteiger partial charge on any atom is -0.479 e. The molecule has 2 aromatic rings. The highest BCUT2D eigenvalue weighted by Crippen LogP contribution is 2.25. The molecular weight excluding hydrogens is 350 g/mol. The molecule has 1 heterocycles. The fourth-order valence-corrected chi connectivity index (χ4v) is 3.03. The molecule has 1 fully saturated rings. The number of carbonyl (C=O) groups is 1. The zero-order valence-corrected chi connectivity index (χ0v) is 15.9. The average Bonchev–Trinajstić information content (AvgIpc) is 2.65. The molecule has 6 heteroatoms. The van der Waals surface area contributed by atoms with E-state index in [9.17, 15) is 4.79 Å². The second kappa shape index (κ2) is 8.43. The van der Waals surface area contributed by atoms with Gasteiger partial charge in [0.15, 0.2) is 6.10 Å². The van der Waals surface area contributed by atoms with Crippen LogP contribution in [0.25, 0.3) is 0 Å². The molecule has 0 aromatic heterocycles. The summed E-state index contributed by atoms with van der Waals surface area (Å²) in [5, 5.41) is 3.37. The Morgan fingerprint density at radius 1 is 1.08 bits per heavy atom. The zero-order valence-electron chi connectivity index (χ0n) is 15.1. The monoisotopic (exact) mass is 373 g/mol. The molecule has 2 aromatic carbocycles. The van der Waals surface area contributed by atoms with Crippen LogP contribution < -0.4 is 15.0 Å². The molecule has 1 atom stereocenters. The van der Waals surface area contributed by atoms with E-state index in [1.54, 1.807) is 19.1 Å². The van der Waals surface area contributed by atoms with E-state index in [0.29, 0.717) is 10.8 Å². The normalized spacial score (nSPS) is 16.2. The first-order chi connectivity index (χ1) is 12.5. The summed E-state index contributed by atoms with van der Waals surface area (Å²) < 4.78 is 5.65. The van der Waals surface area contributed by atoms with Crippen molar-refractivity contribution in [2.75, 3.05) is 43.4 Å². The van der Waals surface area contributed by atoms with Crippen molar-refractivity contribution in [2.24, 2.45) is 0 Å². The number of carbonyl (C=O) groups excluding carboxylic acids is 1. The van der Waals surface area contributed by atoms with Crippen molar-refractivity contribution in [3.63, 3.8) is 0 Å².